The first kappa shape index (κ1) is 20.3. The Morgan fingerprint density at radius 3 is 2.32 bits per heavy atom. The number of hydrogen-bond donors (Lipinski definition) is 1. The molecular weight excluding hydrogens is 348 g/mol. The Morgan fingerprint density at radius 1 is 0.857 bits per heavy atom. The molecule has 0 fully saturated rings. The smallest absolute Gasteiger partial charge is 0.119 e. The Morgan fingerprint density at radius 2 is 1.57 bits per heavy atom. The van der Waals surface area contributed by atoms with Crippen LogP contribution in [0.1, 0.15) is 11.1 Å². The minimum Gasteiger partial charge on any atom is -0.491 e. The van der Waals surface area contributed by atoms with Crippen molar-refractivity contribution in [1.29, 1.82) is 0 Å². The maximum absolute atomic E-state index is 9.90. The minimum atomic E-state index is -0.485. The fourth-order valence-electron chi connectivity index (χ4n) is 3.45. The lowest BCUT2D eigenvalue weighted by Gasteiger charge is -2.19. The third-order valence-electron chi connectivity index (χ3n) is 4.71. The molecule has 0 bridgehead atoms. The molecule has 1 unspecified atom stereocenters. The molecule has 148 valence electrons. The van der Waals surface area contributed by atoms with Crippen LogP contribution in [0.25, 0.3) is 10.8 Å². The predicted molar refractivity (Wildman–Crippen MR) is 116 cm³/mol. The molecule has 3 aromatic carbocycles. The summed E-state index contributed by atoms with van der Waals surface area (Å²) in [4.78, 5) is 4.27. The van der Waals surface area contributed by atoms with E-state index in [1.807, 2.05) is 31.1 Å². The van der Waals surface area contributed by atoms with Gasteiger partial charge in [0, 0.05) is 19.6 Å². The Kier molecular flexibility index (Phi) is 7.04. The second-order valence-corrected chi connectivity index (χ2v) is 7.68. The van der Waals surface area contributed by atoms with E-state index in [9.17, 15) is 5.11 Å². The number of ether oxygens (including phenoxy) is 1. The summed E-state index contributed by atoms with van der Waals surface area (Å²) in [5.41, 5.74) is 2.58. The van der Waals surface area contributed by atoms with Gasteiger partial charge in [-0.25, -0.2) is 0 Å². The molecule has 0 aliphatic heterocycles. The highest BCUT2D eigenvalue weighted by molar-refractivity contribution is 5.85. The number of rotatable bonds is 9. The lowest BCUT2D eigenvalue weighted by molar-refractivity contribution is 0.0831. The first-order valence-corrected chi connectivity index (χ1v) is 9.71. The molecule has 0 aliphatic rings. The van der Waals surface area contributed by atoms with Gasteiger partial charge in [0.1, 0.15) is 18.5 Å². The van der Waals surface area contributed by atoms with E-state index >= 15 is 0 Å². The Balaban J connectivity index is 1.55. The van der Waals surface area contributed by atoms with Crippen LogP contribution in [0, 0.1) is 0 Å². The van der Waals surface area contributed by atoms with Gasteiger partial charge in [0.15, 0.2) is 0 Å². The van der Waals surface area contributed by atoms with Crippen molar-refractivity contribution in [2.24, 2.45) is 0 Å². The van der Waals surface area contributed by atoms with Crippen molar-refractivity contribution in [1.82, 2.24) is 9.80 Å². The second kappa shape index (κ2) is 9.69. The summed E-state index contributed by atoms with van der Waals surface area (Å²) in [5, 5.41) is 12.5. The van der Waals surface area contributed by atoms with Crippen molar-refractivity contribution < 1.29 is 9.84 Å². The Bertz CT molecular complexity index is 872. The van der Waals surface area contributed by atoms with Gasteiger partial charge in [-0.2, -0.15) is 0 Å². The van der Waals surface area contributed by atoms with E-state index in [1.165, 1.54) is 21.9 Å². The van der Waals surface area contributed by atoms with Gasteiger partial charge in [-0.15, -0.1) is 0 Å². The third kappa shape index (κ3) is 5.80. The number of fused-ring (bicyclic) bond motifs is 1. The quantitative estimate of drug-likeness (QED) is 0.615. The fourth-order valence-corrected chi connectivity index (χ4v) is 3.45. The topological polar surface area (TPSA) is 35.9 Å². The summed E-state index contributed by atoms with van der Waals surface area (Å²) in [6, 6.07) is 23.2. The zero-order valence-electron chi connectivity index (χ0n) is 17.0. The second-order valence-electron chi connectivity index (χ2n) is 7.68. The number of nitrogens with zero attached hydrogens (tertiary/aromatic N) is 2. The highest BCUT2D eigenvalue weighted by atomic mass is 16.5. The van der Waals surface area contributed by atoms with Crippen LogP contribution >= 0.6 is 0 Å². The first-order valence-electron chi connectivity index (χ1n) is 9.71. The molecule has 1 N–H and O–H groups in total. The predicted octanol–water partition coefficient (Wildman–Crippen LogP) is 3.77. The van der Waals surface area contributed by atoms with Crippen LogP contribution < -0.4 is 4.74 Å². The highest BCUT2D eigenvalue weighted by Crippen LogP contribution is 2.21. The molecular formula is C24H30N2O2. The SMILES string of the molecule is CN(C)CC(O)COc1ccc(CN(C)Cc2cccc3ccccc23)cc1. The molecule has 0 spiro atoms. The summed E-state index contributed by atoms with van der Waals surface area (Å²) in [6.07, 6.45) is -0.485. The van der Waals surface area contributed by atoms with Crippen LogP contribution in [0.5, 0.6) is 5.75 Å². The summed E-state index contributed by atoms with van der Waals surface area (Å²) in [6.45, 7) is 2.67. The van der Waals surface area contributed by atoms with Crippen LogP contribution in [-0.2, 0) is 13.1 Å². The van der Waals surface area contributed by atoms with E-state index in [2.05, 4.69) is 66.5 Å². The maximum atomic E-state index is 9.90. The number of aliphatic hydroxyl groups is 1. The molecule has 0 heterocycles. The molecule has 28 heavy (non-hydrogen) atoms. The molecule has 1 atom stereocenters. The fraction of sp³-hybridized carbons (Fsp3) is 0.333. The van der Waals surface area contributed by atoms with Gasteiger partial charge in [0.25, 0.3) is 0 Å². The van der Waals surface area contributed by atoms with Crippen LogP contribution in [0.2, 0.25) is 0 Å². The van der Waals surface area contributed by atoms with Gasteiger partial charge in [-0.3, -0.25) is 4.90 Å². The van der Waals surface area contributed by atoms with Crippen LogP contribution in [0.3, 0.4) is 0 Å². The van der Waals surface area contributed by atoms with Gasteiger partial charge in [0.05, 0.1) is 0 Å². The molecule has 0 radical (unpaired) electrons. The Labute approximate surface area is 168 Å². The highest BCUT2D eigenvalue weighted by Gasteiger charge is 2.08. The van der Waals surface area contributed by atoms with Gasteiger partial charge in [-0.05, 0) is 55.2 Å². The minimum absolute atomic E-state index is 0.304. The van der Waals surface area contributed by atoms with E-state index in [-0.39, 0.29) is 0 Å². The molecule has 0 saturated carbocycles. The zero-order chi connectivity index (χ0) is 19.9. The molecule has 0 aromatic heterocycles. The van der Waals surface area contributed by atoms with E-state index in [0.717, 1.165) is 18.8 Å². The van der Waals surface area contributed by atoms with E-state index < -0.39 is 6.10 Å². The van der Waals surface area contributed by atoms with E-state index in [0.29, 0.717) is 13.2 Å². The molecule has 0 saturated heterocycles. The first-order chi connectivity index (χ1) is 13.5. The molecule has 0 aliphatic carbocycles. The van der Waals surface area contributed by atoms with Crippen LogP contribution in [0.4, 0.5) is 0 Å². The van der Waals surface area contributed by atoms with Gasteiger partial charge < -0.3 is 14.7 Å². The van der Waals surface area contributed by atoms with Crippen molar-refractivity contribution in [3.8, 4) is 5.75 Å². The average molecular weight is 379 g/mol. The Hall–Kier alpha value is -2.40. The van der Waals surface area contributed by atoms with Gasteiger partial charge >= 0.3 is 0 Å². The van der Waals surface area contributed by atoms with Crippen molar-refractivity contribution in [2.45, 2.75) is 19.2 Å². The lowest BCUT2D eigenvalue weighted by Crippen LogP contribution is -2.30. The normalized spacial score (nSPS) is 12.6. The molecule has 3 aromatic rings. The van der Waals surface area contributed by atoms with Gasteiger partial charge in [0.2, 0.25) is 0 Å². The standard InChI is InChI=1S/C24H30N2O2/c1-25(2)17-22(27)18-28-23-13-11-19(12-14-23)15-26(3)16-21-9-6-8-20-7-4-5-10-24(20)21/h4-14,22,27H,15-18H2,1-3H3. The van der Waals surface area contributed by atoms with Crippen molar-refractivity contribution in [3.05, 3.63) is 77.9 Å². The summed E-state index contributed by atoms with van der Waals surface area (Å²) in [5.74, 6) is 0.790. The summed E-state index contributed by atoms with van der Waals surface area (Å²) in [7, 11) is 6.02. The monoisotopic (exact) mass is 378 g/mol. The summed E-state index contributed by atoms with van der Waals surface area (Å²) >= 11 is 0. The third-order valence-corrected chi connectivity index (χ3v) is 4.71. The van der Waals surface area contributed by atoms with Crippen molar-refractivity contribution >= 4 is 10.8 Å². The maximum Gasteiger partial charge on any atom is 0.119 e. The summed E-state index contributed by atoms with van der Waals surface area (Å²) < 4.78 is 5.68. The number of aliphatic hydroxyl groups excluding tert-OH is 1. The molecule has 4 heteroatoms. The number of hydrogen-bond acceptors (Lipinski definition) is 4. The number of likely N-dealkylation sites (N-methyl/N-ethyl adjacent to an activating group) is 1. The van der Waals surface area contributed by atoms with Crippen molar-refractivity contribution in [3.63, 3.8) is 0 Å². The lowest BCUT2D eigenvalue weighted by atomic mass is 10.0. The van der Waals surface area contributed by atoms with Crippen LogP contribution in [-0.4, -0.2) is 55.3 Å². The van der Waals surface area contributed by atoms with Crippen LogP contribution in [0.15, 0.2) is 66.7 Å². The average Bonchev–Trinajstić information content (AvgIpc) is 2.67. The molecule has 3 rings (SSSR count). The van der Waals surface area contributed by atoms with E-state index in [4.69, 9.17) is 4.74 Å². The zero-order valence-corrected chi connectivity index (χ0v) is 17.0. The molecule has 4 nitrogen and oxygen atoms in total. The largest absolute Gasteiger partial charge is 0.491 e. The number of benzene rings is 3. The van der Waals surface area contributed by atoms with Crippen molar-refractivity contribution in [2.75, 3.05) is 34.3 Å². The molecule has 0 amide bonds. The van der Waals surface area contributed by atoms with E-state index in [1.54, 1.807) is 0 Å². The van der Waals surface area contributed by atoms with Gasteiger partial charge in [-0.1, -0.05) is 54.6 Å².